The predicted molar refractivity (Wildman–Crippen MR) is 56.7 cm³/mol. The quantitative estimate of drug-likeness (QED) is 0.807. The van der Waals surface area contributed by atoms with Gasteiger partial charge in [-0.3, -0.25) is 0 Å². The molecule has 0 radical (unpaired) electrons. The number of benzene rings is 1. The second kappa shape index (κ2) is 4.05. The molecule has 0 unspecified atom stereocenters. The van der Waals surface area contributed by atoms with Gasteiger partial charge in [-0.2, -0.15) is 12.8 Å². The minimum absolute atomic E-state index is 0.102. The predicted octanol–water partition coefficient (Wildman–Crippen LogP) is 1.60. The number of halogens is 1. The molecule has 0 saturated heterocycles. The van der Waals surface area contributed by atoms with Crippen molar-refractivity contribution >= 4 is 16.2 Å². The van der Waals surface area contributed by atoms with E-state index in [1.54, 1.807) is 12.1 Å². The van der Waals surface area contributed by atoms with Gasteiger partial charge < -0.3 is 4.74 Å². The maximum atomic E-state index is 12.8. The van der Waals surface area contributed by atoms with Crippen molar-refractivity contribution in [1.29, 1.82) is 0 Å². The van der Waals surface area contributed by atoms with Gasteiger partial charge in [0.05, 0.1) is 11.6 Å². The van der Waals surface area contributed by atoms with Crippen LogP contribution in [0, 0.1) is 5.82 Å². The molecule has 1 aliphatic rings. The minimum Gasteiger partial charge on any atom is -0.486 e. The monoisotopic (exact) mass is 241 g/mol. The third-order valence-electron chi connectivity index (χ3n) is 1.89. The lowest BCUT2D eigenvalue weighted by Gasteiger charge is -2.03. The van der Waals surface area contributed by atoms with Gasteiger partial charge in [0.1, 0.15) is 12.4 Å². The molecule has 4 nitrogen and oxygen atoms in total. The van der Waals surface area contributed by atoms with Crippen molar-refractivity contribution in [2.45, 2.75) is 6.61 Å². The van der Waals surface area contributed by atoms with Crippen LogP contribution in [0.15, 0.2) is 39.8 Å². The summed E-state index contributed by atoms with van der Waals surface area (Å²) < 4.78 is 43.0. The van der Waals surface area contributed by atoms with Gasteiger partial charge in [0, 0.05) is 0 Å². The zero-order valence-corrected chi connectivity index (χ0v) is 8.95. The molecule has 0 bridgehead atoms. The summed E-state index contributed by atoms with van der Waals surface area (Å²) in [7, 11) is -3.50. The lowest BCUT2D eigenvalue weighted by atomic mass is 10.2. The molecule has 1 aromatic rings. The van der Waals surface area contributed by atoms with Gasteiger partial charge in [-0.15, -0.1) is 0 Å². The van der Waals surface area contributed by atoms with Crippen molar-refractivity contribution in [3.63, 3.8) is 0 Å². The van der Waals surface area contributed by atoms with Crippen LogP contribution in [-0.4, -0.2) is 14.6 Å². The van der Waals surface area contributed by atoms with Gasteiger partial charge in [0.15, 0.2) is 5.76 Å². The smallest absolute Gasteiger partial charge is 0.279 e. The molecule has 6 heteroatoms. The summed E-state index contributed by atoms with van der Waals surface area (Å²) in [6.45, 7) is 0.102. The van der Waals surface area contributed by atoms with Crippen LogP contribution in [0.4, 0.5) is 4.39 Å². The molecule has 0 spiro atoms. The van der Waals surface area contributed by atoms with Crippen molar-refractivity contribution in [3.05, 3.63) is 46.8 Å². The van der Waals surface area contributed by atoms with Gasteiger partial charge in [0.25, 0.3) is 10.0 Å². The Morgan fingerprint density at radius 2 is 2.19 bits per heavy atom. The minimum atomic E-state index is -3.50. The SMILES string of the molecule is O=S1(=O)C=C(OCc2cccc(F)c2)C=N1. The van der Waals surface area contributed by atoms with Crippen molar-refractivity contribution in [1.82, 2.24) is 0 Å². The summed E-state index contributed by atoms with van der Waals surface area (Å²) >= 11 is 0. The fourth-order valence-corrected chi connectivity index (χ4v) is 1.93. The van der Waals surface area contributed by atoms with E-state index in [0.717, 1.165) is 11.6 Å². The molecule has 1 heterocycles. The standard InChI is InChI=1S/C10H8FNO3S/c11-9-3-1-2-8(4-9)6-15-10-5-12-16(13,14)7-10/h1-5,7H,6H2. The topological polar surface area (TPSA) is 55.7 Å². The van der Waals surface area contributed by atoms with E-state index in [4.69, 9.17) is 4.74 Å². The van der Waals surface area contributed by atoms with E-state index in [1.165, 1.54) is 12.1 Å². The van der Waals surface area contributed by atoms with E-state index in [1.807, 2.05) is 0 Å². The van der Waals surface area contributed by atoms with E-state index in [9.17, 15) is 12.8 Å². The van der Waals surface area contributed by atoms with Gasteiger partial charge in [-0.25, -0.2) is 4.39 Å². The Balaban J connectivity index is 2.02. The molecule has 0 atom stereocenters. The molecular formula is C10H8FNO3S. The average molecular weight is 241 g/mol. The lowest BCUT2D eigenvalue weighted by molar-refractivity contribution is 0.220. The summed E-state index contributed by atoms with van der Waals surface area (Å²) in [4.78, 5) is 0. The van der Waals surface area contributed by atoms with E-state index < -0.39 is 10.0 Å². The highest BCUT2D eigenvalue weighted by atomic mass is 32.2. The Hall–Kier alpha value is -1.69. The number of allylic oxidation sites excluding steroid dienone is 1. The first-order chi connectivity index (χ1) is 7.55. The summed E-state index contributed by atoms with van der Waals surface area (Å²) in [5.74, 6) is -0.202. The van der Waals surface area contributed by atoms with Gasteiger partial charge in [0.2, 0.25) is 0 Å². The zero-order valence-electron chi connectivity index (χ0n) is 8.13. The molecule has 16 heavy (non-hydrogen) atoms. The molecule has 0 saturated carbocycles. The van der Waals surface area contributed by atoms with Crippen molar-refractivity contribution in [3.8, 4) is 0 Å². The fraction of sp³-hybridized carbons (Fsp3) is 0.100. The number of rotatable bonds is 3. The summed E-state index contributed by atoms with van der Waals surface area (Å²) in [6.07, 6.45) is 1.12. The van der Waals surface area contributed by atoms with Crippen LogP contribution in [0.1, 0.15) is 5.56 Å². The molecule has 0 fully saturated rings. The zero-order chi connectivity index (χ0) is 11.6. The normalized spacial score (nSPS) is 17.2. The van der Waals surface area contributed by atoms with E-state index in [0.29, 0.717) is 5.56 Å². The number of sulfonamides is 1. The van der Waals surface area contributed by atoms with Crippen LogP contribution in [-0.2, 0) is 21.4 Å². The Morgan fingerprint density at radius 3 is 2.81 bits per heavy atom. The molecule has 2 rings (SSSR count). The Labute approximate surface area is 92.1 Å². The molecule has 0 N–H and O–H groups in total. The highest BCUT2D eigenvalue weighted by molar-refractivity contribution is 7.93. The second-order valence-electron chi connectivity index (χ2n) is 3.19. The van der Waals surface area contributed by atoms with Crippen LogP contribution in [0.25, 0.3) is 0 Å². The average Bonchev–Trinajstić information content (AvgIpc) is 2.56. The first-order valence-electron chi connectivity index (χ1n) is 4.44. The van der Waals surface area contributed by atoms with E-state index in [2.05, 4.69) is 4.40 Å². The van der Waals surface area contributed by atoms with Crippen LogP contribution < -0.4 is 0 Å². The van der Waals surface area contributed by atoms with Gasteiger partial charge in [-0.05, 0) is 17.7 Å². The maximum absolute atomic E-state index is 12.8. The highest BCUT2D eigenvalue weighted by Gasteiger charge is 2.13. The highest BCUT2D eigenvalue weighted by Crippen LogP contribution is 2.12. The van der Waals surface area contributed by atoms with E-state index >= 15 is 0 Å². The number of ether oxygens (including phenoxy) is 1. The summed E-state index contributed by atoms with van der Waals surface area (Å²) in [5, 5.41) is 0.923. The summed E-state index contributed by atoms with van der Waals surface area (Å²) in [5.41, 5.74) is 0.624. The molecule has 0 amide bonds. The Morgan fingerprint density at radius 1 is 1.38 bits per heavy atom. The number of hydrogen-bond acceptors (Lipinski definition) is 3. The lowest BCUT2D eigenvalue weighted by Crippen LogP contribution is -1.93. The van der Waals surface area contributed by atoms with Crippen molar-refractivity contribution in [2.24, 2.45) is 4.40 Å². The number of nitrogens with zero attached hydrogens (tertiary/aromatic N) is 1. The van der Waals surface area contributed by atoms with Crippen molar-refractivity contribution < 1.29 is 17.5 Å². The van der Waals surface area contributed by atoms with E-state index in [-0.39, 0.29) is 18.2 Å². The Bertz CT molecular complexity index is 563. The van der Waals surface area contributed by atoms with Crippen molar-refractivity contribution in [2.75, 3.05) is 0 Å². The molecule has 1 aliphatic heterocycles. The third kappa shape index (κ3) is 2.66. The maximum Gasteiger partial charge on any atom is 0.279 e. The largest absolute Gasteiger partial charge is 0.486 e. The van der Waals surface area contributed by atoms with Crippen LogP contribution >= 0.6 is 0 Å². The third-order valence-corrected chi connectivity index (χ3v) is 2.82. The molecule has 0 aromatic heterocycles. The first-order valence-corrected chi connectivity index (χ1v) is 5.95. The molecule has 1 aromatic carbocycles. The molecule has 84 valence electrons. The van der Waals surface area contributed by atoms with Crippen LogP contribution in [0.3, 0.4) is 0 Å². The Kier molecular flexibility index (Phi) is 2.74. The molecular weight excluding hydrogens is 233 g/mol. The fourth-order valence-electron chi connectivity index (χ4n) is 1.20. The first kappa shape index (κ1) is 10.8. The van der Waals surface area contributed by atoms with Crippen LogP contribution in [0.2, 0.25) is 0 Å². The number of hydrogen-bond donors (Lipinski definition) is 0. The summed E-state index contributed by atoms with van der Waals surface area (Å²) in [6, 6.07) is 5.89. The van der Waals surface area contributed by atoms with Gasteiger partial charge >= 0.3 is 0 Å². The van der Waals surface area contributed by atoms with Crippen LogP contribution in [0.5, 0.6) is 0 Å². The second-order valence-corrected chi connectivity index (χ2v) is 4.66. The molecule has 0 aliphatic carbocycles. The van der Waals surface area contributed by atoms with Gasteiger partial charge in [-0.1, -0.05) is 12.1 Å².